The van der Waals surface area contributed by atoms with Gasteiger partial charge in [0.25, 0.3) is 5.91 Å². The van der Waals surface area contributed by atoms with Crippen molar-refractivity contribution in [3.05, 3.63) is 41.4 Å². The molecule has 11 heteroatoms. The number of carbonyl (C=O) groups excluding carboxylic acids is 2. The van der Waals surface area contributed by atoms with Gasteiger partial charge in [-0.25, -0.2) is 8.96 Å². The number of nitrogens with zero attached hydrogens (tertiary/aromatic N) is 1. The van der Waals surface area contributed by atoms with Gasteiger partial charge >= 0.3 is 7.82 Å². The number of phosphoric acid groups is 1. The number of ether oxygens (including phenoxy) is 1. The molecular weight excluding hydrogens is 418 g/mol. The van der Waals surface area contributed by atoms with E-state index in [-0.39, 0.29) is 24.5 Å². The number of rotatable bonds is 7. The zero-order valence-corrected chi connectivity index (χ0v) is 17.0. The van der Waals surface area contributed by atoms with Crippen LogP contribution in [0.4, 0.5) is 4.39 Å². The molecule has 30 heavy (non-hydrogen) atoms. The molecule has 0 radical (unpaired) electrons. The number of phosphoric ester groups is 1. The number of hydrogen-bond acceptors (Lipinski definition) is 7. The number of carbonyl (C=O) groups is 2. The number of halogens is 1. The van der Waals surface area contributed by atoms with E-state index in [4.69, 9.17) is 24.7 Å². The van der Waals surface area contributed by atoms with Crippen molar-refractivity contribution < 1.29 is 36.9 Å². The monoisotopic (exact) mass is 438 g/mol. The summed E-state index contributed by atoms with van der Waals surface area (Å²) in [6, 6.07) is 3.77. The summed E-state index contributed by atoms with van der Waals surface area (Å²) in [5, 5.41) is 2.38. The molecule has 3 unspecified atom stereocenters. The average Bonchev–Trinajstić information content (AvgIpc) is 3.22. The third-order valence-electron chi connectivity index (χ3n) is 4.47. The average molecular weight is 438 g/mol. The van der Waals surface area contributed by atoms with Crippen LogP contribution in [0.3, 0.4) is 0 Å². The fraction of sp³-hybridized carbons (Fsp3) is 0.368. The Morgan fingerprint density at radius 1 is 1.50 bits per heavy atom. The van der Waals surface area contributed by atoms with Crippen molar-refractivity contribution in [2.24, 2.45) is 0 Å². The number of amides is 2. The van der Waals surface area contributed by atoms with Gasteiger partial charge in [0, 0.05) is 18.8 Å². The number of likely N-dealkylation sites (N-methyl/N-ethyl adjacent to an activating group) is 1. The molecule has 1 aromatic rings. The topological polar surface area (TPSA) is 103 Å². The van der Waals surface area contributed by atoms with Gasteiger partial charge in [0.1, 0.15) is 23.4 Å². The molecule has 1 aromatic carbocycles. The molecule has 0 spiro atoms. The first kappa shape index (κ1) is 22.0. The molecule has 3 atom stereocenters. The molecule has 3 rings (SSSR count). The van der Waals surface area contributed by atoms with E-state index in [0.29, 0.717) is 24.8 Å². The number of terminal acetylenes is 1. The van der Waals surface area contributed by atoms with Crippen LogP contribution >= 0.6 is 7.82 Å². The molecule has 2 aliphatic rings. The van der Waals surface area contributed by atoms with E-state index < -0.39 is 31.9 Å². The Morgan fingerprint density at radius 3 is 3.00 bits per heavy atom. The largest absolute Gasteiger partial charge is 0.530 e. The lowest BCUT2D eigenvalue weighted by atomic mass is 10.2. The van der Waals surface area contributed by atoms with Gasteiger partial charge in [-0.15, -0.1) is 6.42 Å². The Bertz CT molecular complexity index is 945. The summed E-state index contributed by atoms with van der Waals surface area (Å²) in [4.78, 5) is 24.3. The van der Waals surface area contributed by atoms with Crippen LogP contribution in [0.15, 0.2) is 30.0 Å². The molecule has 0 aromatic heterocycles. The molecule has 1 fully saturated rings. The van der Waals surface area contributed by atoms with Crippen molar-refractivity contribution in [2.45, 2.75) is 31.8 Å². The van der Waals surface area contributed by atoms with Crippen LogP contribution in [0.5, 0.6) is 5.75 Å². The van der Waals surface area contributed by atoms with Crippen LogP contribution in [0.2, 0.25) is 0 Å². The SMILES string of the molecule is C#C/C(=C/N(C=O)C1CCC(COP2(=O)OCc3cc(F)ccc3O2)O1)C(=O)NC. The normalized spacial score (nSPS) is 25.6. The van der Waals surface area contributed by atoms with Gasteiger partial charge in [-0.1, -0.05) is 5.92 Å². The lowest BCUT2D eigenvalue weighted by molar-refractivity contribution is -0.127. The van der Waals surface area contributed by atoms with Crippen molar-refractivity contribution >= 4 is 20.1 Å². The van der Waals surface area contributed by atoms with Crippen LogP contribution in [-0.4, -0.2) is 43.2 Å². The zero-order valence-electron chi connectivity index (χ0n) is 16.1. The number of hydrogen-bond donors (Lipinski definition) is 1. The summed E-state index contributed by atoms with van der Waals surface area (Å²) >= 11 is 0. The van der Waals surface area contributed by atoms with E-state index in [1.165, 1.54) is 31.4 Å². The predicted octanol–water partition coefficient (Wildman–Crippen LogP) is 2.09. The Kier molecular flexibility index (Phi) is 6.90. The molecule has 1 saturated heterocycles. The first-order valence-electron chi connectivity index (χ1n) is 9.03. The van der Waals surface area contributed by atoms with Crippen LogP contribution in [0, 0.1) is 18.2 Å². The maximum atomic E-state index is 13.2. The predicted molar refractivity (Wildman–Crippen MR) is 102 cm³/mol. The minimum absolute atomic E-state index is 0.0311. The number of fused-ring (bicyclic) bond motifs is 1. The van der Waals surface area contributed by atoms with Gasteiger partial charge < -0.3 is 14.6 Å². The Balaban J connectivity index is 1.57. The maximum absolute atomic E-state index is 13.2. The lowest BCUT2D eigenvalue weighted by Gasteiger charge is -2.26. The summed E-state index contributed by atoms with van der Waals surface area (Å²) in [7, 11) is -2.46. The fourth-order valence-electron chi connectivity index (χ4n) is 2.94. The molecule has 0 bridgehead atoms. The first-order valence-corrected chi connectivity index (χ1v) is 10.5. The summed E-state index contributed by atoms with van der Waals surface area (Å²) in [6.07, 6.45) is 6.82. The van der Waals surface area contributed by atoms with E-state index in [0.717, 1.165) is 4.90 Å². The maximum Gasteiger partial charge on any atom is 0.530 e. The second-order valence-electron chi connectivity index (χ2n) is 6.47. The van der Waals surface area contributed by atoms with Crippen LogP contribution in [-0.2, 0) is 34.5 Å². The Hall–Kier alpha value is -2.70. The highest BCUT2D eigenvalue weighted by molar-refractivity contribution is 7.49. The van der Waals surface area contributed by atoms with Gasteiger partial charge in [-0.2, -0.15) is 0 Å². The smallest absolute Gasteiger partial charge is 0.404 e. The van der Waals surface area contributed by atoms with Crippen molar-refractivity contribution in [1.82, 2.24) is 10.2 Å². The molecule has 2 aliphatic heterocycles. The highest BCUT2D eigenvalue weighted by atomic mass is 31.2. The highest BCUT2D eigenvalue weighted by Crippen LogP contribution is 2.54. The van der Waals surface area contributed by atoms with E-state index in [9.17, 15) is 18.5 Å². The van der Waals surface area contributed by atoms with Gasteiger partial charge in [0.2, 0.25) is 6.41 Å². The number of benzene rings is 1. The molecule has 2 amide bonds. The molecular formula is C19H20FN2O7P. The minimum Gasteiger partial charge on any atom is -0.404 e. The van der Waals surface area contributed by atoms with Gasteiger partial charge in [-0.3, -0.25) is 23.5 Å². The quantitative estimate of drug-likeness (QED) is 0.301. The summed E-state index contributed by atoms with van der Waals surface area (Å²) in [5.41, 5.74) is 0.396. The van der Waals surface area contributed by atoms with Gasteiger partial charge in [0.05, 0.1) is 19.3 Å². The van der Waals surface area contributed by atoms with E-state index in [1.807, 2.05) is 0 Å². The first-order chi connectivity index (χ1) is 14.4. The standard InChI is InChI=1S/C19H20FN2O7P/c1-3-13(19(24)21-2)9-22(12-23)18-7-5-16(28-18)11-27-30(25)26-10-14-8-15(20)4-6-17(14)29-30/h1,4,6,8-9,12,16,18H,5,7,10-11H2,2H3,(H,21,24)/b13-9-. The third kappa shape index (κ3) is 5.07. The number of nitrogens with one attached hydrogen (secondary N) is 1. The second kappa shape index (κ2) is 9.41. The van der Waals surface area contributed by atoms with E-state index in [1.54, 1.807) is 0 Å². The fourth-order valence-corrected chi connectivity index (χ4v) is 4.18. The summed E-state index contributed by atoms with van der Waals surface area (Å²) in [6.45, 7) is -0.227. The van der Waals surface area contributed by atoms with E-state index >= 15 is 0 Å². The molecule has 160 valence electrons. The summed E-state index contributed by atoms with van der Waals surface area (Å²) < 4.78 is 47.4. The highest BCUT2D eigenvalue weighted by Gasteiger charge is 2.37. The summed E-state index contributed by atoms with van der Waals surface area (Å²) in [5.74, 6) is 1.47. The lowest BCUT2D eigenvalue weighted by Crippen LogP contribution is -2.32. The van der Waals surface area contributed by atoms with Gasteiger partial charge in [0.15, 0.2) is 0 Å². The van der Waals surface area contributed by atoms with E-state index in [2.05, 4.69) is 11.2 Å². The van der Waals surface area contributed by atoms with Crippen molar-refractivity contribution in [2.75, 3.05) is 13.7 Å². The van der Waals surface area contributed by atoms with Crippen molar-refractivity contribution in [1.29, 1.82) is 0 Å². The molecule has 0 aliphatic carbocycles. The van der Waals surface area contributed by atoms with Gasteiger partial charge in [-0.05, 0) is 31.0 Å². The molecule has 1 N–H and O–H groups in total. The third-order valence-corrected chi connectivity index (χ3v) is 5.81. The zero-order chi connectivity index (χ0) is 21.7. The molecule has 0 saturated carbocycles. The van der Waals surface area contributed by atoms with Crippen molar-refractivity contribution in [3.8, 4) is 18.1 Å². The van der Waals surface area contributed by atoms with Crippen molar-refractivity contribution in [3.63, 3.8) is 0 Å². The molecule has 2 heterocycles. The molecule has 9 nitrogen and oxygen atoms in total. The van der Waals surface area contributed by atoms with Crippen LogP contribution < -0.4 is 9.84 Å². The minimum atomic E-state index is -3.89. The Labute approximate surface area is 172 Å². The Morgan fingerprint density at radius 2 is 2.30 bits per heavy atom. The second-order valence-corrected chi connectivity index (χ2v) is 8.06. The van der Waals surface area contributed by atoms with Crippen LogP contribution in [0.1, 0.15) is 18.4 Å². The van der Waals surface area contributed by atoms with Crippen LogP contribution in [0.25, 0.3) is 0 Å².